The average molecular weight is 298 g/mol. The molecule has 20 heavy (non-hydrogen) atoms. The largest absolute Gasteiger partial charge is 0.494 e. The van der Waals surface area contributed by atoms with Crippen molar-refractivity contribution in [1.29, 1.82) is 0 Å². The lowest BCUT2D eigenvalue weighted by atomic mass is 9.81. The van der Waals surface area contributed by atoms with Crippen molar-refractivity contribution in [3.05, 3.63) is 24.0 Å². The van der Waals surface area contributed by atoms with E-state index in [0.29, 0.717) is 18.5 Å². The highest BCUT2D eigenvalue weighted by molar-refractivity contribution is 7.80. The van der Waals surface area contributed by atoms with E-state index in [0.717, 1.165) is 0 Å². The molecule has 0 unspecified atom stereocenters. The summed E-state index contributed by atoms with van der Waals surface area (Å²) in [6.07, 6.45) is 0.988. The number of carbonyl (C=O) groups excluding carboxylic acids is 1. The molecule has 0 aromatic heterocycles. The summed E-state index contributed by atoms with van der Waals surface area (Å²) in [6.45, 7) is 3.70. The summed E-state index contributed by atoms with van der Waals surface area (Å²) in [5.41, 5.74) is 5.20. The van der Waals surface area contributed by atoms with Gasteiger partial charge in [-0.15, -0.1) is 0 Å². The summed E-state index contributed by atoms with van der Waals surface area (Å²) in [4.78, 5) is 12.6. The number of amides is 1. The van der Waals surface area contributed by atoms with Crippen molar-refractivity contribution in [3.8, 4) is 5.75 Å². The molecule has 0 aliphatic rings. The Kier molecular flexibility index (Phi) is 5.44. The number of carbonyl (C=O) groups is 1. The fourth-order valence-electron chi connectivity index (χ4n) is 2.04. The van der Waals surface area contributed by atoms with Crippen LogP contribution in [0.2, 0.25) is 0 Å². The Balaban J connectivity index is 3.09. The highest BCUT2D eigenvalue weighted by Crippen LogP contribution is 2.31. The van der Waals surface area contributed by atoms with Gasteiger partial charge < -0.3 is 15.8 Å². The van der Waals surface area contributed by atoms with Crippen molar-refractivity contribution >= 4 is 28.8 Å². The number of anilines is 1. The molecule has 110 valence electrons. The highest BCUT2D eigenvalue weighted by atomic mass is 32.1. The van der Waals surface area contributed by atoms with Gasteiger partial charge in [-0.3, -0.25) is 4.79 Å². The molecule has 6 heteroatoms. The predicted octanol–water partition coefficient (Wildman–Crippen LogP) is 2.87. The Morgan fingerprint density at radius 2 is 2.05 bits per heavy atom. The molecule has 0 saturated carbocycles. The van der Waals surface area contributed by atoms with E-state index in [4.69, 9.17) is 22.7 Å². The van der Waals surface area contributed by atoms with Gasteiger partial charge in [-0.1, -0.05) is 26.1 Å². The van der Waals surface area contributed by atoms with Crippen LogP contribution in [-0.4, -0.2) is 18.0 Å². The number of halogens is 1. The second kappa shape index (κ2) is 6.65. The second-order valence-electron chi connectivity index (χ2n) is 4.45. The molecule has 1 rings (SSSR count). The normalized spacial score (nSPS) is 11.0. The number of ether oxygens (including phenoxy) is 1. The molecule has 1 aromatic rings. The van der Waals surface area contributed by atoms with Gasteiger partial charge in [-0.25, -0.2) is 4.39 Å². The number of nitrogens with two attached hydrogens (primary N) is 1. The van der Waals surface area contributed by atoms with E-state index in [2.05, 4.69) is 5.32 Å². The highest BCUT2D eigenvalue weighted by Gasteiger charge is 2.38. The lowest BCUT2D eigenvalue weighted by Crippen LogP contribution is -2.45. The fraction of sp³-hybridized carbons (Fsp3) is 0.429. The van der Waals surface area contributed by atoms with Crippen molar-refractivity contribution in [2.45, 2.75) is 26.7 Å². The monoisotopic (exact) mass is 298 g/mol. The Labute approximate surface area is 123 Å². The number of hydrogen-bond donors (Lipinski definition) is 2. The van der Waals surface area contributed by atoms with Crippen LogP contribution in [0.15, 0.2) is 18.2 Å². The zero-order chi connectivity index (χ0) is 15.3. The molecule has 1 amide bonds. The summed E-state index contributed by atoms with van der Waals surface area (Å²) >= 11 is 5.03. The molecule has 0 aliphatic heterocycles. The summed E-state index contributed by atoms with van der Waals surface area (Å²) in [6, 6.07) is 3.90. The Hall–Kier alpha value is -1.69. The third-order valence-electron chi connectivity index (χ3n) is 3.53. The van der Waals surface area contributed by atoms with Gasteiger partial charge >= 0.3 is 0 Å². The van der Waals surface area contributed by atoms with Crippen molar-refractivity contribution in [2.75, 3.05) is 12.4 Å². The van der Waals surface area contributed by atoms with E-state index < -0.39 is 11.2 Å². The molecule has 0 bridgehead atoms. The molecule has 0 spiro atoms. The number of thiocarbonyl (C=S) groups is 1. The standard InChI is InChI=1S/C14H19FN2O2S/c1-4-14(5-2,12(16)20)13(18)17-10-7-6-9(15)8-11(10)19-3/h6-8H,4-5H2,1-3H3,(H2,16,20)(H,17,18). The van der Waals surface area contributed by atoms with Gasteiger partial charge in [-0.05, 0) is 25.0 Å². The van der Waals surface area contributed by atoms with Gasteiger partial charge in [0.15, 0.2) is 0 Å². The average Bonchev–Trinajstić information content (AvgIpc) is 2.42. The Morgan fingerprint density at radius 1 is 1.45 bits per heavy atom. The van der Waals surface area contributed by atoms with Gasteiger partial charge in [0.2, 0.25) is 5.91 Å². The van der Waals surface area contributed by atoms with Crippen LogP contribution in [0.3, 0.4) is 0 Å². The summed E-state index contributed by atoms with van der Waals surface area (Å²) < 4.78 is 18.2. The van der Waals surface area contributed by atoms with E-state index in [9.17, 15) is 9.18 Å². The van der Waals surface area contributed by atoms with Crippen LogP contribution in [0.1, 0.15) is 26.7 Å². The molecule has 0 heterocycles. The van der Waals surface area contributed by atoms with Crippen LogP contribution in [0.5, 0.6) is 5.75 Å². The van der Waals surface area contributed by atoms with Crippen molar-refractivity contribution in [2.24, 2.45) is 11.1 Å². The van der Waals surface area contributed by atoms with Gasteiger partial charge in [0.05, 0.1) is 23.2 Å². The van der Waals surface area contributed by atoms with Crippen LogP contribution in [0.4, 0.5) is 10.1 Å². The Morgan fingerprint density at radius 3 is 2.50 bits per heavy atom. The third kappa shape index (κ3) is 3.07. The minimum atomic E-state index is -0.908. The van der Waals surface area contributed by atoms with Crippen LogP contribution in [0, 0.1) is 11.2 Å². The van der Waals surface area contributed by atoms with Crippen LogP contribution in [0.25, 0.3) is 0 Å². The molecule has 0 radical (unpaired) electrons. The lowest BCUT2D eigenvalue weighted by molar-refractivity contribution is -0.122. The number of rotatable bonds is 6. The van der Waals surface area contributed by atoms with E-state index >= 15 is 0 Å². The molecule has 4 nitrogen and oxygen atoms in total. The maximum Gasteiger partial charge on any atom is 0.237 e. The van der Waals surface area contributed by atoms with Gasteiger partial charge in [0.1, 0.15) is 11.6 Å². The molecular weight excluding hydrogens is 279 g/mol. The zero-order valence-corrected chi connectivity index (χ0v) is 12.6. The zero-order valence-electron chi connectivity index (χ0n) is 11.8. The lowest BCUT2D eigenvalue weighted by Gasteiger charge is -2.29. The van der Waals surface area contributed by atoms with Crippen molar-refractivity contribution < 1.29 is 13.9 Å². The fourth-order valence-corrected chi connectivity index (χ4v) is 2.42. The third-order valence-corrected chi connectivity index (χ3v) is 3.92. The van der Waals surface area contributed by atoms with E-state index in [-0.39, 0.29) is 16.6 Å². The van der Waals surface area contributed by atoms with E-state index in [1.165, 1.54) is 25.3 Å². The number of benzene rings is 1. The van der Waals surface area contributed by atoms with E-state index in [1.807, 2.05) is 13.8 Å². The van der Waals surface area contributed by atoms with Gasteiger partial charge in [0.25, 0.3) is 0 Å². The first-order valence-electron chi connectivity index (χ1n) is 6.36. The first-order valence-corrected chi connectivity index (χ1v) is 6.77. The number of methoxy groups -OCH3 is 1. The number of nitrogens with one attached hydrogen (secondary N) is 1. The molecule has 0 aliphatic carbocycles. The second-order valence-corrected chi connectivity index (χ2v) is 4.89. The van der Waals surface area contributed by atoms with Crippen molar-refractivity contribution in [1.82, 2.24) is 0 Å². The summed E-state index contributed by atoms with van der Waals surface area (Å²) in [7, 11) is 1.41. The topological polar surface area (TPSA) is 64.3 Å². The maximum absolute atomic E-state index is 13.1. The van der Waals surface area contributed by atoms with Crippen LogP contribution < -0.4 is 15.8 Å². The van der Waals surface area contributed by atoms with Gasteiger partial charge in [0, 0.05) is 6.07 Å². The summed E-state index contributed by atoms with van der Waals surface area (Å²) in [5.74, 6) is -0.492. The molecule has 1 aromatic carbocycles. The van der Waals surface area contributed by atoms with E-state index in [1.54, 1.807) is 0 Å². The molecular formula is C14H19FN2O2S. The van der Waals surface area contributed by atoms with Gasteiger partial charge in [-0.2, -0.15) is 0 Å². The smallest absolute Gasteiger partial charge is 0.237 e. The van der Waals surface area contributed by atoms with Crippen LogP contribution >= 0.6 is 12.2 Å². The molecule has 3 N–H and O–H groups in total. The quantitative estimate of drug-likeness (QED) is 0.793. The minimum Gasteiger partial charge on any atom is -0.494 e. The molecule has 0 atom stereocenters. The Bertz CT molecular complexity index is 516. The minimum absolute atomic E-state index is 0.154. The molecule has 0 saturated heterocycles. The first-order chi connectivity index (χ1) is 9.41. The van der Waals surface area contributed by atoms with Crippen LogP contribution in [-0.2, 0) is 4.79 Å². The maximum atomic E-state index is 13.1. The number of hydrogen-bond acceptors (Lipinski definition) is 3. The molecule has 0 fully saturated rings. The SMILES string of the molecule is CCC(CC)(C(=O)Nc1ccc(F)cc1OC)C(N)=S. The predicted molar refractivity (Wildman–Crippen MR) is 81.4 cm³/mol. The van der Waals surface area contributed by atoms with Crippen molar-refractivity contribution in [3.63, 3.8) is 0 Å². The summed E-state index contributed by atoms with van der Waals surface area (Å²) in [5, 5.41) is 2.71. The first kappa shape index (κ1) is 16.4.